The van der Waals surface area contributed by atoms with E-state index in [0.717, 1.165) is 29.1 Å². The molecule has 3 heterocycles. The molecule has 0 bridgehead atoms. The summed E-state index contributed by atoms with van der Waals surface area (Å²) < 4.78 is 1.50. The number of amides is 1. The number of aryl methyl sites for hydroxylation is 1. The minimum Gasteiger partial charge on any atom is -0.289 e. The lowest BCUT2D eigenvalue weighted by atomic mass is 9.89. The Morgan fingerprint density at radius 1 is 1.31 bits per heavy atom. The third-order valence-electron chi connectivity index (χ3n) is 4.87. The lowest BCUT2D eigenvalue weighted by Gasteiger charge is -2.18. The van der Waals surface area contributed by atoms with Crippen LogP contribution in [0.15, 0.2) is 6.33 Å². The van der Waals surface area contributed by atoms with Gasteiger partial charge in [0.05, 0.1) is 5.56 Å². The fourth-order valence-electron chi connectivity index (χ4n) is 3.34. The Morgan fingerprint density at radius 3 is 2.85 bits per heavy atom. The van der Waals surface area contributed by atoms with E-state index in [4.69, 9.17) is 0 Å². The average Bonchev–Trinajstić information content (AvgIpc) is 3.38. The van der Waals surface area contributed by atoms with Crippen molar-refractivity contribution in [1.82, 2.24) is 35.4 Å². The van der Waals surface area contributed by atoms with Gasteiger partial charge in [-0.2, -0.15) is 9.67 Å². The zero-order chi connectivity index (χ0) is 18.1. The number of hydrogen-bond acceptors (Lipinski definition) is 7. The molecule has 26 heavy (non-hydrogen) atoms. The summed E-state index contributed by atoms with van der Waals surface area (Å²) in [6.45, 7) is 3.89. The standard InChI is InChI=1S/C16H20N8OS/c1-9-10(2)26-15(24-8-17-22-23-24)12(9)14(25)19-16-18-13(20-21-16)11-6-4-3-5-7-11/h8,11H,3-7H2,1-2H3,(H2,18,19,20,21,25). The van der Waals surface area contributed by atoms with Crippen LogP contribution in [-0.2, 0) is 0 Å². The van der Waals surface area contributed by atoms with Gasteiger partial charge in [-0.05, 0) is 42.7 Å². The van der Waals surface area contributed by atoms with Crippen molar-refractivity contribution >= 4 is 23.2 Å². The second-order valence-electron chi connectivity index (χ2n) is 6.55. The van der Waals surface area contributed by atoms with E-state index in [0.29, 0.717) is 22.4 Å². The van der Waals surface area contributed by atoms with Crippen LogP contribution in [0.4, 0.5) is 5.95 Å². The lowest BCUT2D eigenvalue weighted by Crippen LogP contribution is -2.16. The van der Waals surface area contributed by atoms with Crippen LogP contribution in [0, 0.1) is 13.8 Å². The Hall–Kier alpha value is -2.62. The van der Waals surface area contributed by atoms with E-state index in [-0.39, 0.29) is 5.91 Å². The quantitative estimate of drug-likeness (QED) is 0.728. The Bertz CT molecular complexity index is 907. The van der Waals surface area contributed by atoms with Gasteiger partial charge in [-0.15, -0.1) is 21.5 Å². The molecule has 0 radical (unpaired) electrons. The maximum absolute atomic E-state index is 12.9. The van der Waals surface area contributed by atoms with Crippen molar-refractivity contribution in [2.24, 2.45) is 0 Å². The summed E-state index contributed by atoms with van der Waals surface area (Å²) in [6, 6.07) is 0. The monoisotopic (exact) mass is 372 g/mol. The van der Waals surface area contributed by atoms with Crippen molar-refractivity contribution in [2.75, 3.05) is 5.32 Å². The first-order valence-corrected chi connectivity index (χ1v) is 9.52. The first-order chi connectivity index (χ1) is 12.6. The summed E-state index contributed by atoms with van der Waals surface area (Å²) in [6.07, 6.45) is 7.44. The Morgan fingerprint density at radius 2 is 2.12 bits per heavy atom. The summed E-state index contributed by atoms with van der Waals surface area (Å²) in [5.74, 6) is 1.32. The highest BCUT2D eigenvalue weighted by Gasteiger charge is 2.24. The van der Waals surface area contributed by atoms with E-state index < -0.39 is 0 Å². The molecule has 4 rings (SSSR count). The van der Waals surface area contributed by atoms with E-state index in [9.17, 15) is 4.79 Å². The Labute approximate surface area is 154 Å². The number of carbonyl (C=O) groups excluding carboxylic acids is 1. The average molecular weight is 372 g/mol. The third kappa shape index (κ3) is 3.12. The van der Waals surface area contributed by atoms with Crippen LogP contribution in [0.5, 0.6) is 0 Å². The molecule has 0 aliphatic heterocycles. The van der Waals surface area contributed by atoms with Crippen LogP contribution in [0.2, 0.25) is 0 Å². The number of carbonyl (C=O) groups is 1. The molecule has 3 aromatic heterocycles. The molecular formula is C16H20N8OS. The molecule has 1 aliphatic carbocycles. The topological polar surface area (TPSA) is 114 Å². The summed E-state index contributed by atoms with van der Waals surface area (Å²) in [5.41, 5.74) is 1.45. The van der Waals surface area contributed by atoms with E-state index >= 15 is 0 Å². The molecule has 1 fully saturated rings. The SMILES string of the molecule is Cc1sc(-n2cnnn2)c(C(=O)Nc2n[nH]c(C3CCCCC3)n2)c1C. The number of anilines is 1. The number of hydrogen-bond donors (Lipinski definition) is 2. The largest absolute Gasteiger partial charge is 0.289 e. The molecule has 9 nitrogen and oxygen atoms in total. The van der Waals surface area contributed by atoms with Gasteiger partial charge in [0.1, 0.15) is 17.2 Å². The highest BCUT2D eigenvalue weighted by molar-refractivity contribution is 7.15. The van der Waals surface area contributed by atoms with Crippen LogP contribution in [0.1, 0.15) is 64.6 Å². The fraction of sp³-hybridized carbons (Fsp3) is 0.500. The zero-order valence-corrected chi connectivity index (χ0v) is 15.5. The van der Waals surface area contributed by atoms with Gasteiger partial charge >= 0.3 is 0 Å². The van der Waals surface area contributed by atoms with Crippen LogP contribution in [0.25, 0.3) is 5.00 Å². The fourth-order valence-corrected chi connectivity index (χ4v) is 4.42. The van der Waals surface area contributed by atoms with Gasteiger partial charge in [0.25, 0.3) is 5.91 Å². The van der Waals surface area contributed by atoms with Crippen molar-refractivity contribution in [3.8, 4) is 5.00 Å². The van der Waals surface area contributed by atoms with E-state index in [2.05, 4.69) is 36.0 Å². The van der Waals surface area contributed by atoms with Crippen molar-refractivity contribution in [3.05, 3.63) is 28.2 Å². The highest BCUT2D eigenvalue weighted by atomic mass is 32.1. The summed E-state index contributed by atoms with van der Waals surface area (Å²) in [7, 11) is 0. The smallest absolute Gasteiger partial charge is 0.261 e. The molecule has 0 spiro atoms. The maximum Gasteiger partial charge on any atom is 0.261 e. The number of rotatable bonds is 4. The molecule has 0 aromatic carbocycles. The first-order valence-electron chi connectivity index (χ1n) is 8.70. The van der Waals surface area contributed by atoms with Gasteiger partial charge in [0.15, 0.2) is 0 Å². The third-order valence-corrected chi connectivity index (χ3v) is 6.07. The number of H-pyrrole nitrogens is 1. The molecule has 1 amide bonds. The van der Waals surface area contributed by atoms with E-state index in [1.54, 1.807) is 0 Å². The highest BCUT2D eigenvalue weighted by Crippen LogP contribution is 2.32. The van der Waals surface area contributed by atoms with Gasteiger partial charge in [-0.1, -0.05) is 19.3 Å². The number of thiophene rings is 1. The van der Waals surface area contributed by atoms with Gasteiger partial charge in [-0.3, -0.25) is 15.2 Å². The molecule has 1 aliphatic rings. The molecule has 3 aromatic rings. The van der Waals surface area contributed by atoms with E-state index in [1.165, 1.54) is 41.6 Å². The van der Waals surface area contributed by atoms with Crippen LogP contribution < -0.4 is 5.32 Å². The minimum absolute atomic E-state index is 0.258. The second-order valence-corrected chi connectivity index (χ2v) is 7.75. The Balaban J connectivity index is 1.57. The normalized spacial score (nSPS) is 15.3. The predicted molar refractivity (Wildman–Crippen MR) is 96.7 cm³/mol. The van der Waals surface area contributed by atoms with Crippen molar-refractivity contribution < 1.29 is 4.79 Å². The summed E-state index contributed by atoms with van der Waals surface area (Å²) >= 11 is 1.48. The Kier molecular flexibility index (Phi) is 4.49. The zero-order valence-electron chi connectivity index (χ0n) is 14.7. The number of nitrogens with one attached hydrogen (secondary N) is 2. The first kappa shape index (κ1) is 16.8. The summed E-state index contributed by atoms with van der Waals surface area (Å²) in [5, 5.41) is 21.9. The molecular weight excluding hydrogens is 352 g/mol. The number of aromatic amines is 1. The molecule has 2 N–H and O–H groups in total. The number of nitrogens with zero attached hydrogens (tertiary/aromatic N) is 6. The summed E-state index contributed by atoms with van der Waals surface area (Å²) in [4.78, 5) is 18.4. The predicted octanol–water partition coefficient (Wildman–Crippen LogP) is 2.76. The maximum atomic E-state index is 12.9. The van der Waals surface area contributed by atoms with Crippen LogP contribution in [-0.4, -0.2) is 41.3 Å². The second kappa shape index (κ2) is 6.94. The van der Waals surface area contributed by atoms with Crippen molar-refractivity contribution in [3.63, 3.8) is 0 Å². The van der Waals surface area contributed by atoms with Crippen LogP contribution in [0.3, 0.4) is 0 Å². The van der Waals surface area contributed by atoms with Crippen molar-refractivity contribution in [1.29, 1.82) is 0 Å². The molecule has 0 saturated heterocycles. The lowest BCUT2D eigenvalue weighted by molar-refractivity contribution is 0.102. The molecule has 0 unspecified atom stereocenters. The van der Waals surface area contributed by atoms with Gasteiger partial charge in [0, 0.05) is 10.8 Å². The van der Waals surface area contributed by atoms with Gasteiger partial charge in [-0.25, -0.2) is 0 Å². The number of tetrazole rings is 1. The van der Waals surface area contributed by atoms with Crippen molar-refractivity contribution in [2.45, 2.75) is 51.9 Å². The molecule has 0 atom stereocenters. The van der Waals surface area contributed by atoms with Crippen LogP contribution >= 0.6 is 11.3 Å². The minimum atomic E-state index is -0.258. The molecule has 10 heteroatoms. The molecule has 136 valence electrons. The van der Waals surface area contributed by atoms with Gasteiger partial charge in [0.2, 0.25) is 5.95 Å². The van der Waals surface area contributed by atoms with E-state index in [1.807, 2.05) is 13.8 Å². The number of aromatic nitrogens is 7. The van der Waals surface area contributed by atoms with Gasteiger partial charge < -0.3 is 0 Å². The molecule has 1 saturated carbocycles.